The van der Waals surface area contributed by atoms with Crippen LogP contribution in [-0.2, 0) is 11.3 Å². The molecule has 1 atom stereocenters. The zero-order chi connectivity index (χ0) is 18.4. The molecule has 1 amide bonds. The van der Waals surface area contributed by atoms with Gasteiger partial charge < -0.3 is 9.73 Å². The van der Waals surface area contributed by atoms with Gasteiger partial charge in [0.2, 0.25) is 5.91 Å². The molecule has 26 heavy (non-hydrogen) atoms. The van der Waals surface area contributed by atoms with Crippen LogP contribution in [-0.4, -0.2) is 12.5 Å². The normalized spacial score (nSPS) is 11.9. The second kappa shape index (κ2) is 8.90. The van der Waals surface area contributed by atoms with Crippen LogP contribution < -0.4 is 10.6 Å². The summed E-state index contributed by atoms with van der Waals surface area (Å²) in [6.07, 6.45) is 1.62. The molecule has 0 fully saturated rings. The topological polar surface area (TPSA) is 54.3 Å². The fourth-order valence-electron chi connectivity index (χ4n) is 2.60. The summed E-state index contributed by atoms with van der Waals surface area (Å²) in [7, 11) is 0. The molecule has 134 valence electrons. The molecule has 0 radical (unpaired) electrons. The number of carbonyl (C=O) groups is 1. The van der Waals surface area contributed by atoms with Crippen LogP contribution in [0.15, 0.2) is 71.3 Å². The van der Waals surface area contributed by atoms with Gasteiger partial charge in [0.25, 0.3) is 0 Å². The predicted molar refractivity (Wildman–Crippen MR) is 103 cm³/mol. The van der Waals surface area contributed by atoms with Crippen molar-refractivity contribution in [2.75, 3.05) is 6.54 Å². The third kappa shape index (κ3) is 4.88. The number of furan rings is 1. The van der Waals surface area contributed by atoms with E-state index in [2.05, 4.69) is 10.6 Å². The zero-order valence-electron chi connectivity index (χ0n) is 13.9. The Bertz CT molecular complexity index is 852. The largest absolute Gasteiger partial charge is 0.467 e. The Kier molecular flexibility index (Phi) is 6.34. The Morgan fingerprint density at radius 1 is 1.04 bits per heavy atom. The molecule has 0 aliphatic carbocycles. The number of halogens is 2. The minimum Gasteiger partial charge on any atom is -0.467 e. The third-order valence-electron chi connectivity index (χ3n) is 3.92. The number of hydrogen-bond donors (Lipinski definition) is 2. The molecule has 0 aliphatic rings. The van der Waals surface area contributed by atoms with Crippen LogP contribution in [0.25, 0.3) is 0 Å². The molecule has 0 aliphatic heterocycles. The third-order valence-corrected chi connectivity index (χ3v) is 4.51. The standard InChI is InChI=1S/C20H18Cl2N2O2/c21-16-9-8-15(17(22)11-16)12-23-19(25)13-24-20(18-7-4-10-26-18)14-5-2-1-3-6-14/h1-11,20,24H,12-13H2,(H,23,25)/t20-/m0/s1. The first-order chi connectivity index (χ1) is 12.6. The monoisotopic (exact) mass is 388 g/mol. The van der Waals surface area contributed by atoms with E-state index in [0.29, 0.717) is 16.6 Å². The van der Waals surface area contributed by atoms with Crippen molar-refractivity contribution in [1.29, 1.82) is 0 Å². The lowest BCUT2D eigenvalue weighted by Gasteiger charge is -2.17. The van der Waals surface area contributed by atoms with Crippen LogP contribution in [0.4, 0.5) is 0 Å². The van der Waals surface area contributed by atoms with E-state index in [0.717, 1.165) is 16.9 Å². The van der Waals surface area contributed by atoms with Crippen LogP contribution in [0.3, 0.4) is 0 Å². The second-order valence-corrected chi connectivity index (χ2v) is 6.60. The highest BCUT2D eigenvalue weighted by Gasteiger charge is 2.17. The van der Waals surface area contributed by atoms with Crippen molar-refractivity contribution in [2.45, 2.75) is 12.6 Å². The Hall–Kier alpha value is -2.27. The molecule has 0 saturated carbocycles. The van der Waals surface area contributed by atoms with E-state index in [4.69, 9.17) is 27.6 Å². The molecule has 4 nitrogen and oxygen atoms in total. The van der Waals surface area contributed by atoms with E-state index < -0.39 is 0 Å². The van der Waals surface area contributed by atoms with Crippen molar-refractivity contribution in [3.8, 4) is 0 Å². The smallest absolute Gasteiger partial charge is 0.234 e. The molecular weight excluding hydrogens is 371 g/mol. The summed E-state index contributed by atoms with van der Waals surface area (Å²) >= 11 is 12.0. The molecular formula is C20H18Cl2N2O2. The zero-order valence-corrected chi connectivity index (χ0v) is 15.4. The van der Waals surface area contributed by atoms with Crippen LogP contribution >= 0.6 is 23.2 Å². The summed E-state index contributed by atoms with van der Waals surface area (Å²) in [6.45, 7) is 0.485. The van der Waals surface area contributed by atoms with Gasteiger partial charge in [0, 0.05) is 16.6 Å². The van der Waals surface area contributed by atoms with Crippen LogP contribution in [0, 0.1) is 0 Å². The molecule has 2 aromatic carbocycles. The quantitative estimate of drug-likeness (QED) is 0.622. The average molecular weight is 389 g/mol. The molecule has 1 aromatic heterocycles. The number of amides is 1. The van der Waals surface area contributed by atoms with Gasteiger partial charge in [0.1, 0.15) is 5.76 Å². The maximum Gasteiger partial charge on any atom is 0.234 e. The molecule has 3 aromatic rings. The summed E-state index contributed by atoms with van der Waals surface area (Å²) in [5.41, 5.74) is 1.84. The average Bonchev–Trinajstić information content (AvgIpc) is 3.16. The van der Waals surface area contributed by atoms with Crippen molar-refractivity contribution in [1.82, 2.24) is 10.6 Å². The predicted octanol–water partition coefficient (Wildman–Crippen LogP) is 4.58. The molecule has 0 unspecified atom stereocenters. The first-order valence-corrected chi connectivity index (χ1v) is 8.91. The number of rotatable bonds is 7. The lowest BCUT2D eigenvalue weighted by molar-refractivity contribution is -0.120. The van der Waals surface area contributed by atoms with E-state index in [-0.39, 0.29) is 18.5 Å². The Morgan fingerprint density at radius 3 is 2.54 bits per heavy atom. The van der Waals surface area contributed by atoms with Crippen LogP contribution in [0.2, 0.25) is 10.0 Å². The summed E-state index contributed by atoms with van der Waals surface area (Å²) in [4.78, 5) is 12.2. The van der Waals surface area contributed by atoms with Gasteiger partial charge in [0.15, 0.2) is 0 Å². The second-order valence-electron chi connectivity index (χ2n) is 5.75. The van der Waals surface area contributed by atoms with Gasteiger partial charge >= 0.3 is 0 Å². The van der Waals surface area contributed by atoms with Gasteiger partial charge in [-0.3, -0.25) is 10.1 Å². The summed E-state index contributed by atoms with van der Waals surface area (Å²) in [5.74, 6) is 0.619. The molecule has 0 saturated heterocycles. The van der Waals surface area contributed by atoms with Gasteiger partial charge in [-0.25, -0.2) is 0 Å². The van der Waals surface area contributed by atoms with Gasteiger partial charge in [-0.15, -0.1) is 0 Å². The van der Waals surface area contributed by atoms with Gasteiger partial charge in [0.05, 0.1) is 18.8 Å². The highest BCUT2D eigenvalue weighted by atomic mass is 35.5. The maximum absolute atomic E-state index is 12.2. The first kappa shape index (κ1) is 18.5. The van der Waals surface area contributed by atoms with E-state index in [1.807, 2.05) is 42.5 Å². The summed E-state index contributed by atoms with van der Waals surface area (Å²) in [6, 6.07) is 18.6. The fourth-order valence-corrected chi connectivity index (χ4v) is 3.08. The van der Waals surface area contributed by atoms with Gasteiger partial charge in [-0.1, -0.05) is 59.6 Å². The van der Waals surface area contributed by atoms with Crippen LogP contribution in [0.5, 0.6) is 0 Å². The minimum absolute atomic E-state index is 0.136. The Labute approximate surface area is 162 Å². The molecule has 0 spiro atoms. The number of carbonyl (C=O) groups excluding carboxylic acids is 1. The lowest BCUT2D eigenvalue weighted by Crippen LogP contribution is -2.35. The minimum atomic E-state index is -0.198. The first-order valence-electron chi connectivity index (χ1n) is 8.16. The lowest BCUT2D eigenvalue weighted by atomic mass is 10.0. The molecule has 0 bridgehead atoms. The van der Waals surface area contributed by atoms with Crippen molar-refractivity contribution < 1.29 is 9.21 Å². The van der Waals surface area contributed by atoms with E-state index in [1.165, 1.54) is 0 Å². The van der Waals surface area contributed by atoms with Crippen molar-refractivity contribution >= 4 is 29.1 Å². The maximum atomic E-state index is 12.2. The summed E-state index contributed by atoms with van der Waals surface area (Å²) < 4.78 is 5.51. The number of benzene rings is 2. The molecule has 1 heterocycles. The van der Waals surface area contributed by atoms with Crippen molar-refractivity contribution in [2.24, 2.45) is 0 Å². The van der Waals surface area contributed by atoms with E-state index in [9.17, 15) is 4.79 Å². The number of hydrogen-bond acceptors (Lipinski definition) is 3. The van der Waals surface area contributed by atoms with Gasteiger partial charge in [-0.2, -0.15) is 0 Å². The Morgan fingerprint density at radius 2 is 1.85 bits per heavy atom. The van der Waals surface area contributed by atoms with Crippen LogP contribution in [0.1, 0.15) is 22.9 Å². The van der Waals surface area contributed by atoms with Crippen molar-refractivity contribution in [3.05, 3.63) is 93.9 Å². The van der Waals surface area contributed by atoms with E-state index in [1.54, 1.807) is 24.5 Å². The van der Waals surface area contributed by atoms with E-state index >= 15 is 0 Å². The summed E-state index contributed by atoms with van der Waals surface area (Å²) in [5, 5.41) is 7.19. The number of nitrogens with one attached hydrogen (secondary N) is 2. The SMILES string of the molecule is O=C(CN[C@@H](c1ccccc1)c1ccco1)NCc1ccc(Cl)cc1Cl. The molecule has 2 N–H and O–H groups in total. The Balaban J connectivity index is 1.59. The fraction of sp³-hybridized carbons (Fsp3) is 0.150. The highest BCUT2D eigenvalue weighted by Crippen LogP contribution is 2.22. The molecule has 3 rings (SSSR count). The molecule has 6 heteroatoms. The highest BCUT2D eigenvalue weighted by molar-refractivity contribution is 6.35. The van der Waals surface area contributed by atoms with Crippen molar-refractivity contribution in [3.63, 3.8) is 0 Å². The van der Waals surface area contributed by atoms with Gasteiger partial charge in [-0.05, 0) is 35.4 Å².